The molecule has 4 aromatic rings. The van der Waals surface area contributed by atoms with Crippen molar-refractivity contribution in [1.29, 1.82) is 0 Å². The summed E-state index contributed by atoms with van der Waals surface area (Å²) in [7, 11) is 1.53. The number of ether oxygens (including phenoxy) is 1. The van der Waals surface area contributed by atoms with Gasteiger partial charge in [-0.1, -0.05) is 6.07 Å². The van der Waals surface area contributed by atoms with Gasteiger partial charge in [0.2, 0.25) is 5.56 Å². The highest BCUT2D eigenvalue weighted by Crippen LogP contribution is 2.34. The van der Waals surface area contributed by atoms with Gasteiger partial charge in [-0.25, -0.2) is 4.98 Å². The summed E-state index contributed by atoms with van der Waals surface area (Å²) in [5.41, 5.74) is 2.85. The van der Waals surface area contributed by atoms with Gasteiger partial charge in [0.15, 0.2) is 0 Å². The highest BCUT2D eigenvalue weighted by Gasteiger charge is 2.19. The van der Waals surface area contributed by atoms with Gasteiger partial charge < -0.3 is 19.2 Å². The van der Waals surface area contributed by atoms with Crippen LogP contribution in [0.2, 0.25) is 0 Å². The highest BCUT2D eigenvalue weighted by atomic mass is 16.5. The summed E-state index contributed by atoms with van der Waals surface area (Å²) in [6.45, 7) is 0. The number of nitrogens with zero attached hydrogens (tertiary/aromatic N) is 2. The number of hydrogen-bond acceptors (Lipinski definition) is 4. The number of methoxy groups -OCH3 is 1. The Balaban J connectivity index is 2.07. The third-order valence-corrected chi connectivity index (χ3v) is 4.28. The second kappa shape index (κ2) is 6.03. The van der Waals surface area contributed by atoms with E-state index in [1.54, 1.807) is 22.7 Å². The van der Waals surface area contributed by atoms with E-state index in [1.807, 2.05) is 24.3 Å². The number of carboxylic acid groups (broad SMARTS) is 1. The topological polar surface area (TPSA) is 96.7 Å². The Hall–Kier alpha value is -3.61. The number of aromatic amines is 1. The average Bonchev–Trinajstić information content (AvgIpc) is 2.98. The molecule has 4 rings (SSSR count). The van der Waals surface area contributed by atoms with E-state index < -0.39 is 5.97 Å². The molecule has 0 aliphatic rings. The first-order valence-electron chi connectivity index (χ1n) is 7.96. The van der Waals surface area contributed by atoms with Crippen LogP contribution in [-0.2, 0) is 11.2 Å². The predicted molar refractivity (Wildman–Crippen MR) is 96.6 cm³/mol. The summed E-state index contributed by atoms with van der Waals surface area (Å²) in [5.74, 6) is -0.409. The van der Waals surface area contributed by atoms with E-state index in [-0.39, 0.29) is 12.0 Å². The molecule has 7 heteroatoms. The molecule has 0 bridgehead atoms. The number of carboxylic acids is 1. The summed E-state index contributed by atoms with van der Waals surface area (Å²) >= 11 is 0. The lowest BCUT2D eigenvalue weighted by atomic mass is 10.0. The van der Waals surface area contributed by atoms with E-state index in [4.69, 9.17) is 4.74 Å². The predicted octanol–water partition coefficient (Wildman–Crippen LogP) is 2.48. The number of imidazole rings is 1. The third kappa shape index (κ3) is 2.50. The lowest BCUT2D eigenvalue weighted by Crippen LogP contribution is -2.06. The van der Waals surface area contributed by atoms with E-state index >= 15 is 0 Å². The van der Waals surface area contributed by atoms with Crippen molar-refractivity contribution in [3.05, 3.63) is 64.7 Å². The van der Waals surface area contributed by atoms with E-state index in [0.29, 0.717) is 28.3 Å². The fourth-order valence-corrected chi connectivity index (χ4v) is 3.18. The minimum atomic E-state index is -0.942. The first-order valence-corrected chi connectivity index (χ1v) is 7.96. The van der Waals surface area contributed by atoms with E-state index in [2.05, 4.69) is 9.97 Å². The molecule has 7 nitrogen and oxygen atoms in total. The zero-order chi connectivity index (χ0) is 18.3. The van der Waals surface area contributed by atoms with Crippen LogP contribution in [0, 0.1) is 0 Å². The van der Waals surface area contributed by atoms with Gasteiger partial charge in [0.25, 0.3) is 0 Å². The molecule has 0 aliphatic heterocycles. The number of carbonyl (C=O) groups is 1. The number of hydrogen-bond donors (Lipinski definition) is 2. The zero-order valence-corrected chi connectivity index (χ0v) is 13.9. The number of benzene rings is 1. The van der Waals surface area contributed by atoms with Crippen molar-refractivity contribution in [2.24, 2.45) is 0 Å². The van der Waals surface area contributed by atoms with Crippen molar-refractivity contribution in [3.8, 4) is 17.0 Å². The molecule has 0 saturated carbocycles. The Kier molecular flexibility index (Phi) is 3.69. The number of fused-ring (bicyclic) bond motifs is 2. The third-order valence-electron chi connectivity index (χ3n) is 4.28. The molecular weight excluding hydrogens is 334 g/mol. The van der Waals surface area contributed by atoms with Crippen LogP contribution in [0.25, 0.3) is 27.8 Å². The van der Waals surface area contributed by atoms with Crippen LogP contribution in [0.1, 0.15) is 5.69 Å². The smallest absolute Gasteiger partial charge is 0.309 e. The van der Waals surface area contributed by atoms with Crippen molar-refractivity contribution in [2.75, 3.05) is 7.11 Å². The fourth-order valence-electron chi connectivity index (χ4n) is 3.18. The van der Waals surface area contributed by atoms with Crippen LogP contribution in [0.15, 0.2) is 53.5 Å². The second-order valence-corrected chi connectivity index (χ2v) is 5.83. The summed E-state index contributed by atoms with van der Waals surface area (Å²) in [6.07, 6.45) is 1.62. The van der Waals surface area contributed by atoms with Crippen molar-refractivity contribution >= 4 is 22.5 Å². The van der Waals surface area contributed by atoms with Gasteiger partial charge in [0.05, 0.1) is 30.4 Å². The molecular formula is C19H15N3O4. The van der Waals surface area contributed by atoms with Gasteiger partial charge in [-0.05, 0) is 30.3 Å². The van der Waals surface area contributed by atoms with Gasteiger partial charge in [-0.3, -0.25) is 9.59 Å². The quantitative estimate of drug-likeness (QED) is 0.590. The zero-order valence-electron chi connectivity index (χ0n) is 13.9. The fraction of sp³-hybridized carbons (Fsp3) is 0.105. The van der Waals surface area contributed by atoms with Gasteiger partial charge in [0.1, 0.15) is 11.4 Å². The van der Waals surface area contributed by atoms with Crippen LogP contribution in [0.4, 0.5) is 0 Å². The molecule has 0 amide bonds. The van der Waals surface area contributed by atoms with Crippen molar-refractivity contribution in [1.82, 2.24) is 14.4 Å². The number of H-pyrrole nitrogens is 1. The Labute approximate surface area is 147 Å². The van der Waals surface area contributed by atoms with Gasteiger partial charge in [-0.15, -0.1) is 0 Å². The summed E-state index contributed by atoms with van der Waals surface area (Å²) in [5, 5.41) is 10.1. The highest BCUT2D eigenvalue weighted by molar-refractivity contribution is 5.98. The molecule has 2 N–H and O–H groups in total. The van der Waals surface area contributed by atoms with Crippen LogP contribution in [0.5, 0.6) is 5.75 Å². The number of nitrogens with one attached hydrogen (secondary N) is 1. The first kappa shape index (κ1) is 15.9. The Morgan fingerprint density at radius 3 is 2.85 bits per heavy atom. The minimum Gasteiger partial charge on any atom is -0.495 e. The minimum absolute atomic E-state index is 0.169. The van der Waals surface area contributed by atoms with Crippen molar-refractivity contribution < 1.29 is 14.6 Å². The van der Waals surface area contributed by atoms with Gasteiger partial charge in [0, 0.05) is 23.2 Å². The van der Waals surface area contributed by atoms with Gasteiger partial charge in [-0.2, -0.15) is 0 Å². The average molecular weight is 349 g/mol. The van der Waals surface area contributed by atoms with E-state index in [1.165, 1.54) is 13.2 Å². The molecule has 0 aliphatic carbocycles. The summed E-state index contributed by atoms with van der Waals surface area (Å²) in [6, 6.07) is 12.2. The van der Waals surface area contributed by atoms with Crippen LogP contribution in [-0.4, -0.2) is 32.6 Å². The molecule has 3 aromatic heterocycles. The maximum atomic E-state index is 11.7. The molecule has 130 valence electrons. The maximum absolute atomic E-state index is 11.7. The van der Waals surface area contributed by atoms with Crippen molar-refractivity contribution in [3.63, 3.8) is 0 Å². The normalized spacial score (nSPS) is 11.1. The number of aromatic nitrogens is 3. The monoisotopic (exact) mass is 349 g/mol. The molecule has 0 spiro atoms. The number of rotatable bonds is 4. The largest absolute Gasteiger partial charge is 0.495 e. The SMILES string of the molecule is COc1ccc(-c2nc3ccccn3c2CC(=O)O)c2ccc(=O)[nH]c12. The molecule has 0 unspecified atom stereocenters. The molecule has 0 fully saturated rings. The molecule has 0 atom stereocenters. The maximum Gasteiger partial charge on any atom is 0.309 e. The first-order chi connectivity index (χ1) is 12.6. The molecule has 0 saturated heterocycles. The van der Waals surface area contributed by atoms with Gasteiger partial charge >= 0.3 is 5.97 Å². The molecule has 3 heterocycles. The van der Waals surface area contributed by atoms with Crippen LogP contribution >= 0.6 is 0 Å². The lowest BCUT2D eigenvalue weighted by molar-refractivity contribution is -0.136. The number of aliphatic carboxylic acids is 1. The van der Waals surface area contributed by atoms with Crippen LogP contribution < -0.4 is 10.3 Å². The second-order valence-electron chi connectivity index (χ2n) is 5.83. The lowest BCUT2D eigenvalue weighted by Gasteiger charge is -2.10. The summed E-state index contributed by atoms with van der Waals surface area (Å²) < 4.78 is 7.11. The number of pyridine rings is 2. The Bertz CT molecular complexity index is 1210. The Morgan fingerprint density at radius 1 is 1.23 bits per heavy atom. The van der Waals surface area contributed by atoms with E-state index in [9.17, 15) is 14.7 Å². The van der Waals surface area contributed by atoms with E-state index in [0.717, 1.165) is 10.9 Å². The standard InChI is InChI=1S/C19H15N3O4/c1-26-14-7-5-11(12-6-8-16(23)21-19(12)14)18-13(10-17(24)25)22-9-3-2-4-15(22)20-18/h2-9H,10H2,1H3,(H,21,23)(H,24,25). The molecule has 26 heavy (non-hydrogen) atoms. The van der Waals surface area contributed by atoms with Crippen molar-refractivity contribution in [2.45, 2.75) is 6.42 Å². The van der Waals surface area contributed by atoms with Crippen LogP contribution in [0.3, 0.4) is 0 Å². The molecule has 1 aromatic carbocycles. The Morgan fingerprint density at radius 2 is 2.08 bits per heavy atom. The molecule has 0 radical (unpaired) electrons. The summed E-state index contributed by atoms with van der Waals surface area (Å²) in [4.78, 5) is 30.6.